The average molecular weight is 376 g/mol. The smallest absolute Gasteiger partial charge is 0.337 e. The van der Waals surface area contributed by atoms with Gasteiger partial charge in [-0.1, -0.05) is 23.2 Å². The van der Waals surface area contributed by atoms with E-state index in [1.165, 1.54) is 25.3 Å². The molecule has 2 N–H and O–H groups in total. The molecule has 0 saturated carbocycles. The van der Waals surface area contributed by atoms with Gasteiger partial charge in [0.1, 0.15) is 5.75 Å². The number of aryl methyl sites for hydroxylation is 1. The maximum Gasteiger partial charge on any atom is 0.337 e. The van der Waals surface area contributed by atoms with Crippen LogP contribution in [0.25, 0.3) is 0 Å². The number of benzene rings is 2. The number of rotatable bonds is 7. The fourth-order valence-electron chi connectivity index (χ4n) is 2.39. The Morgan fingerprint density at radius 1 is 1.08 bits per heavy atom. The summed E-state index contributed by atoms with van der Waals surface area (Å²) >= 11 is 5.79. The molecule has 136 valence electrons. The molecular weight excluding hydrogens is 358 g/mol. The standard InChI is InChI=1S/C19H18ClNO5/c1-11-3-7-17(26-2)14(9-11)16(22)6-8-18(23)21-12-4-5-15(20)13(10-12)19(24)25/h3-5,7,9-10H,6,8H2,1-2H3,(H,21,23)(H,24,25). The molecule has 0 spiro atoms. The van der Waals surface area contributed by atoms with Crippen molar-refractivity contribution in [2.75, 3.05) is 12.4 Å². The minimum atomic E-state index is -1.19. The molecule has 0 radical (unpaired) electrons. The molecule has 0 aliphatic heterocycles. The molecule has 1 amide bonds. The van der Waals surface area contributed by atoms with Crippen LogP contribution in [-0.2, 0) is 4.79 Å². The highest BCUT2D eigenvalue weighted by molar-refractivity contribution is 6.33. The van der Waals surface area contributed by atoms with Crippen molar-refractivity contribution in [3.8, 4) is 5.75 Å². The number of carboxylic acids is 1. The summed E-state index contributed by atoms with van der Waals surface area (Å²) in [6, 6.07) is 9.43. The van der Waals surface area contributed by atoms with Gasteiger partial charge in [0, 0.05) is 18.5 Å². The lowest BCUT2D eigenvalue weighted by Crippen LogP contribution is -2.14. The van der Waals surface area contributed by atoms with Gasteiger partial charge in [-0.15, -0.1) is 0 Å². The molecular formula is C19H18ClNO5. The summed E-state index contributed by atoms with van der Waals surface area (Å²) in [5.74, 6) is -1.33. The minimum absolute atomic E-state index is 0.00498. The number of Topliss-reactive ketones (excluding diaryl/α,β-unsaturated/α-hetero) is 1. The molecule has 2 aromatic carbocycles. The first kappa shape index (κ1) is 19.5. The van der Waals surface area contributed by atoms with Gasteiger partial charge in [0.05, 0.1) is 23.3 Å². The number of hydrogen-bond donors (Lipinski definition) is 2. The number of aromatic carboxylic acids is 1. The second-order valence-electron chi connectivity index (χ2n) is 5.67. The average Bonchev–Trinajstić information content (AvgIpc) is 2.61. The molecule has 26 heavy (non-hydrogen) atoms. The van der Waals surface area contributed by atoms with E-state index in [4.69, 9.17) is 21.4 Å². The molecule has 0 saturated heterocycles. The highest BCUT2D eigenvalue weighted by Gasteiger charge is 2.15. The number of ether oxygens (including phenoxy) is 1. The third-order valence-electron chi connectivity index (χ3n) is 3.72. The van der Waals surface area contributed by atoms with E-state index in [0.29, 0.717) is 17.0 Å². The van der Waals surface area contributed by atoms with E-state index < -0.39 is 11.9 Å². The van der Waals surface area contributed by atoms with Crippen molar-refractivity contribution in [1.29, 1.82) is 0 Å². The quantitative estimate of drug-likeness (QED) is 0.714. The van der Waals surface area contributed by atoms with Crippen LogP contribution in [0.2, 0.25) is 5.02 Å². The van der Waals surface area contributed by atoms with E-state index in [-0.39, 0.29) is 29.2 Å². The van der Waals surface area contributed by atoms with Gasteiger partial charge in [-0.2, -0.15) is 0 Å². The molecule has 0 atom stereocenters. The summed E-state index contributed by atoms with van der Waals surface area (Å²) in [6.45, 7) is 1.86. The third-order valence-corrected chi connectivity index (χ3v) is 4.04. The molecule has 0 aliphatic rings. The summed E-state index contributed by atoms with van der Waals surface area (Å²) in [4.78, 5) is 35.5. The van der Waals surface area contributed by atoms with E-state index in [1.54, 1.807) is 12.1 Å². The molecule has 0 bridgehead atoms. The van der Waals surface area contributed by atoms with Gasteiger partial charge in [0.25, 0.3) is 0 Å². The fourth-order valence-corrected chi connectivity index (χ4v) is 2.59. The van der Waals surface area contributed by atoms with Crippen molar-refractivity contribution in [2.45, 2.75) is 19.8 Å². The Morgan fingerprint density at radius 2 is 1.81 bits per heavy atom. The normalized spacial score (nSPS) is 10.3. The summed E-state index contributed by atoms with van der Waals surface area (Å²) in [5.41, 5.74) is 1.54. The van der Waals surface area contributed by atoms with Gasteiger partial charge >= 0.3 is 5.97 Å². The number of carbonyl (C=O) groups is 3. The van der Waals surface area contributed by atoms with Crippen LogP contribution in [0.15, 0.2) is 36.4 Å². The van der Waals surface area contributed by atoms with Gasteiger partial charge < -0.3 is 15.2 Å². The van der Waals surface area contributed by atoms with Crippen LogP contribution < -0.4 is 10.1 Å². The summed E-state index contributed by atoms with van der Waals surface area (Å²) in [6.07, 6.45) is -0.0357. The van der Waals surface area contributed by atoms with Crippen LogP contribution in [0.5, 0.6) is 5.75 Å². The maximum atomic E-state index is 12.4. The number of halogens is 1. The van der Waals surface area contributed by atoms with Crippen molar-refractivity contribution >= 4 is 34.9 Å². The molecule has 0 heterocycles. The van der Waals surface area contributed by atoms with Gasteiger partial charge in [0.2, 0.25) is 5.91 Å². The first-order valence-electron chi connectivity index (χ1n) is 7.82. The topological polar surface area (TPSA) is 92.7 Å². The third kappa shape index (κ3) is 4.83. The Kier molecular flexibility index (Phi) is 6.36. The predicted octanol–water partition coefficient (Wildman–Crippen LogP) is 3.96. The number of hydrogen-bond acceptors (Lipinski definition) is 4. The minimum Gasteiger partial charge on any atom is -0.496 e. The summed E-state index contributed by atoms with van der Waals surface area (Å²) in [5, 5.41) is 11.7. The Morgan fingerprint density at radius 3 is 2.46 bits per heavy atom. The zero-order chi connectivity index (χ0) is 19.3. The molecule has 0 aliphatic carbocycles. The van der Waals surface area contributed by atoms with E-state index in [9.17, 15) is 14.4 Å². The summed E-state index contributed by atoms with van der Waals surface area (Å²) < 4.78 is 5.18. The Hall–Kier alpha value is -2.86. The second kappa shape index (κ2) is 8.49. The van der Waals surface area contributed by atoms with Crippen molar-refractivity contribution in [1.82, 2.24) is 0 Å². The summed E-state index contributed by atoms with van der Waals surface area (Å²) in [7, 11) is 1.48. The largest absolute Gasteiger partial charge is 0.496 e. The maximum absolute atomic E-state index is 12.4. The fraction of sp³-hybridized carbons (Fsp3) is 0.211. The zero-order valence-corrected chi connectivity index (χ0v) is 15.1. The molecule has 7 heteroatoms. The van der Waals surface area contributed by atoms with Gasteiger partial charge in [-0.25, -0.2) is 4.79 Å². The monoisotopic (exact) mass is 375 g/mol. The van der Waals surface area contributed by atoms with Crippen LogP contribution in [-0.4, -0.2) is 29.9 Å². The Bertz CT molecular complexity index is 863. The van der Waals surface area contributed by atoms with E-state index >= 15 is 0 Å². The van der Waals surface area contributed by atoms with Crippen LogP contribution in [0.3, 0.4) is 0 Å². The van der Waals surface area contributed by atoms with Gasteiger partial charge in [-0.3, -0.25) is 9.59 Å². The number of amides is 1. The molecule has 2 rings (SSSR count). The zero-order valence-electron chi connectivity index (χ0n) is 14.3. The van der Waals surface area contributed by atoms with E-state index in [2.05, 4.69) is 5.32 Å². The first-order chi connectivity index (χ1) is 12.3. The van der Waals surface area contributed by atoms with E-state index in [1.807, 2.05) is 13.0 Å². The first-order valence-corrected chi connectivity index (χ1v) is 8.20. The molecule has 0 aromatic heterocycles. The number of methoxy groups -OCH3 is 1. The van der Waals surface area contributed by atoms with E-state index in [0.717, 1.165) is 5.56 Å². The number of nitrogens with one attached hydrogen (secondary N) is 1. The number of ketones is 1. The number of carbonyl (C=O) groups excluding carboxylic acids is 2. The lowest BCUT2D eigenvalue weighted by atomic mass is 10.0. The highest BCUT2D eigenvalue weighted by atomic mass is 35.5. The number of anilines is 1. The second-order valence-corrected chi connectivity index (χ2v) is 6.08. The lowest BCUT2D eigenvalue weighted by molar-refractivity contribution is -0.116. The van der Waals surface area contributed by atoms with Gasteiger partial charge in [-0.05, 0) is 37.3 Å². The SMILES string of the molecule is COc1ccc(C)cc1C(=O)CCC(=O)Nc1ccc(Cl)c(C(=O)O)c1. The molecule has 2 aromatic rings. The molecule has 0 unspecified atom stereocenters. The van der Waals surface area contributed by atoms with Gasteiger partial charge in [0.15, 0.2) is 5.78 Å². The van der Waals surface area contributed by atoms with Crippen LogP contribution in [0, 0.1) is 6.92 Å². The van der Waals surface area contributed by atoms with Crippen LogP contribution in [0.1, 0.15) is 39.1 Å². The molecule has 0 fully saturated rings. The number of carboxylic acid groups (broad SMARTS) is 1. The van der Waals surface area contributed by atoms with Crippen molar-refractivity contribution in [2.24, 2.45) is 0 Å². The Balaban J connectivity index is 2.01. The van der Waals surface area contributed by atoms with Crippen LogP contribution in [0.4, 0.5) is 5.69 Å². The lowest BCUT2D eigenvalue weighted by Gasteiger charge is -2.09. The van der Waals surface area contributed by atoms with Crippen molar-refractivity contribution < 1.29 is 24.2 Å². The van der Waals surface area contributed by atoms with Crippen LogP contribution >= 0.6 is 11.6 Å². The predicted molar refractivity (Wildman–Crippen MR) is 98.3 cm³/mol. The molecule has 6 nitrogen and oxygen atoms in total. The van der Waals surface area contributed by atoms with Crippen molar-refractivity contribution in [3.63, 3.8) is 0 Å². The van der Waals surface area contributed by atoms with Crippen molar-refractivity contribution in [3.05, 3.63) is 58.1 Å². The Labute approximate surface area is 155 Å². The highest BCUT2D eigenvalue weighted by Crippen LogP contribution is 2.23.